The van der Waals surface area contributed by atoms with Crippen molar-refractivity contribution in [3.63, 3.8) is 0 Å². The van der Waals surface area contributed by atoms with E-state index >= 15 is 0 Å². The molecule has 1 fully saturated rings. The van der Waals surface area contributed by atoms with E-state index in [-0.39, 0.29) is 18.3 Å². The molecule has 0 aliphatic heterocycles. The Kier molecular flexibility index (Phi) is 4.51. The predicted molar refractivity (Wildman–Crippen MR) is 68.9 cm³/mol. The predicted octanol–water partition coefficient (Wildman–Crippen LogP) is 3.03. The molecule has 0 aromatic heterocycles. The van der Waals surface area contributed by atoms with Gasteiger partial charge in [-0.3, -0.25) is 9.59 Å². The van der Waals surface area contributed by atoms with Gasteiger partial charge in [0.15, 0.2) is 5.78 Å². The maximum Gasteiger partial charge on any atom is 0.173 e. The van der Waals surface area contributed by atoms with Crippen molar-refractivity contribution >= 4 is 12.1 Å². The molecule has 0 bridgehead atoms. The van der Waals surface area contributed by atoms with Crippen LogP contribution in [0.15, 0.2) is 24.3 Å². The van der Waals surface area contributed by atoms with Crippen molar-refractivity contribution in [2.45, 2.75) is 32.1 Å². The lowest BCUT2D eigenvalue weighted by molar-refractivity contribution is -0.125. The smallest absolute Gasteiger partial charge is 0.173 e. The van der Waals surface area contributed by atoms with Crippen molar-refractivity contribution in [2.24, 2.45) is 5.92 Å². The van der Waals surface area contributed by atoms with Crippen molar-refractivity contribution in [3.05, 3.63) is 29.8 Å². The Bertz CT molecular complexity index is 420. The second kappa shape index (κ2) is 6.34. The summed E-state index contributed by atoms with van der Waals surface area (Å²) in [5, 5.41) is 0. The molecule has 1 saturated carbocycles. The number of carbonyl (C=O) groups excluding carboxylic acids is 2. The van der Waals surface area contributed by atoms with Gasteiger partial charge >= 0.3 is 0 Å². The summed E-state index contributed by atoms with van der Waals surface area (Å²) in [6.45, 7) is 0.118. The number of aldehydes is 1. The van der Waals surface area contributed by atoms with Crippen LogP contribution in [0.5, 0.6) is 5.75 Å². The minimum absolute atomic E-state index is 0.118. The fourth-order valence-corrected chi connectivity index (χ4v) is 2.37. The van der Waals surface area contributed by atoms with Gasteiger partial charge in [0.25, 0.3) is 0 Å². The van der Waals surface area contributed by atoms with E-state index in [9.17, 15) is 9.59 Å². The minimum atomic E-state index is 0.118. The molecule has 1 aromatic rings. The number of ketones is 1. The first-order valence-corrected chi connectivity index (χ1v) is 6.50. The third kappa shape index (κ3) is 3.42. The Hall–Kier alpha value is -1.64. The summed E-state index contributed by atoms with van der Waals surface area (Å²) in [6.07, 6.45) is 6.31. The Balaban J connectivity index is 1.86. The molecule has 18 heavy (non-hydrogen) atoms. The van der Waals surface area contributed by atoms with Crippen LogP contribution in [0.4, 0.5) is 0 Å². The molecule has 0 unspecified atom stereocenters. The molecule has 0 saturated heterocycles. The van der Waals surface area contributed by atoms with E-state index < -0.39 is 0 Å². The second-order valence-electron chi connectivity index (χ2n) is 4.78. The van der Waals surface area contributed by atoms with E-state index in [2.05, 4.69) is 0 Å². The zero-order valence-electron chi connectivity index (χ0n) is 10.4. The summed E-state index contributed by atoms with van der Waals surface area (Å²) in [7, 11) is 0. The number of hydrogen-bond donors (Lipinski definition) is 0. The van der Waals surface area contributed by atoms with Gasteiger partial charge in [0.1, 0.15) is 18.6 Å². The van der Waals surface area contributed by atoms with Crippen molar-refractivity contribution < 1.29 is 14.3 Å². The van der Waals surface area contributed by atoms with Crippen LogP contribution in [0.25, 0.3) is 0 Å². The van der Waals surface area contributed by atoms with E-state index in [0.717, 1.165) is 32.0 Å². The lowest BCUT2D eigenvalue weighted by Gasteiger charge is -2.20. The molecule has 96 valence electrons. The Morgan fingerprint density at radius 3 is 2.78 bits per heavy atom. The maximum atomic E-state index is 11.9. The summed E-state index contributed by atoms with van der Waals surface area (Å²) in [6, 6.07) is 6.88. The Labute approximate surface area is 107 Å². The SMILES string of the molecule is O=Cc1cccc(OCC(=O)C2CCCCC2)c1. The highest BCUT2D eigenvalue weighted by molar-refractivity contribution is 5.82. The zero-order chi connectivity index (χ0) is 12.8. The quantitative estimate of drug-likeness (QED) is 0.750. The Morgan fingerprint density at radius 2 is 2.06 bits per heavy atom. The first-order chi connectivity index (χ1) is 8.79. The molecule has 1 aromatic carbocycles. The van der Waals surface area contributed by atoms with Crippen LogP contribution in [-0.2, 0) is 4.79 Å². The van der Waals surface area contributed by atoms with E-state index in [0.29, 0.717) is 11.3 Å². The molecular formula is C15H18O3. The fraction of sp³-hybridized carbons (Fsp3) is 0.467. The average molecular weight is 246 g/mol. The highest BCUT2D eigenvalue weighted by Gasteiger charge is 2.21. The normalized spacial score (nSPS) is 16.2. The van der Waals surface area contributed by atoms with Gasteiger partial charge in [-0.2, -0.15) is 0 Å². The molecule has 1 aliphatic carbocycles. The van der Waals surface area contributed by atoms with E-state index in [1.54, 1.807) is 24.3 Å². The second-order valence-corrected chi connectivity index (χ2v) is 4.78. The largest absolute Gasteiger partial charge is 0.486 e. The first-order valence-electron chi connectivity index (χ1n) is 6.50. The number of hydrogen-bond acceptors (Lipinski definition) is 3. The third-order valence-corrected chi connectivity index (χ3v) is 3.44. The van der Waals surface area contributed by atoms with Crippen LogP contribution < -0.4 is 4.74 Å². The maximum absolute atomic E-state index is 11.9. The topological polar surface area (TPSA) is 43.4 Å². The van der Waals surface area contributed by atoms with Crippen LogP contribution in [-0.4, -0.2) is 18.7 Å². The van der Waals surface area contributed by atoms with Gasteiger partial charge in [0, 0.05) is 11.5 Å². The zero-order valence-corrected chi connectivity index (χ0v) is 10.4. The molecule has 0 spiro atoms. The molecule has 3 heteroatoms. The average Bonchev–Trinajstić information content (AvgIpc) is 2.46. The first kappa shape index (κ1) is 12.8. The van der Waals surface area contributed by atoms with Crippen LogP contribution in [0.3, 0.4) is 0 Å². The highest BCUT2D eigenvalue weighted by atomic mass is 16.5. The summed E-state index contributed by atoms with van der Waals surface area (Å²) in [5.41, 5.74) is 0.567. The van der Waals surface area contributed by atoms with Crippen molar-refractivity contribution in [2.75, 3.05) is 6.61 Å². The van der Waals surface area contributed by atoms with Crippen LogP contribution in [0, 0.1) is 5.92 Å². The molecule has 0 N–H and O–H groups in total. The molecule has 1 aliphatic rings. The van der Waals surface area contributed by atoms with Crippen molar-refractivity contribution in [1.82, 2.24) is 0 Å². The number of rotatable bonds is 5. The van der Waals surface area contributed by atoms with E-state index in [1.807, 2.05) is 0 Å². The van der Waals surface area contributed by atoms with Gasteiger partial charge in [-0.15, -0.1) is 0 Å². The van der Waals surface area contributed by atoms with E-state index in [4.69, 9.17) is 4.74 Å². The number of benzene rings is 1. The highest BCUT2D eigenvalue weighted by Crippen LogP contribution is 2.24. The molecular weight excluding hydrogens is 228 g/mol. The molecule has 2 rings (SSSR count). The molecule has 0 radical (unpaired) electrons. The van der Waals surface area contributed by atoms with E-state index in [1.165, 1.54) is 6.42 Å². The van der Waals surface area contributed by atoms with Crippen molar-refractivity contribution in [1.29, 1.82) is 0 Å². The molecule has 0 heterocycles. The standard InChI is InChI=1S/C15H18O3/c16-10-12-5-4-8-14(9-12)18-11-15(17)13-6-2-1-3-7-13/h4-5,8-10,13H,1-3,6-7,11H2. The third-order valence-electron chi connectivity index (χ3n) is 3.44. The van der Waals surface area contributed by atoms with Gasteiger partial charge in [-0.25, -0.2) is 0 Å². The van der Waals surface area contributed by atoms with Crippen LogP contribution >= 0.6 is 0 Å². The lowest BCUT2D eigenvalue weighted by Crippen LogP contribution is -2.23. The minimum Gasteiger partial charge on any atom is -0.486 e. The summed E-state index contributed by atoms with van der Waals surface area (Å²) in [4.78, 5) is 22.6. The van der Waals surface area contributed by atoms with Gasteiger partial charge in [0.2, 0.25) is 0 Å². The number of ether oxygens (including phenoxy) is 1. The van der Waals surface area contributed by atoms with Gasteiger partial charge in [0.05, 0.1) is 0 Å². The summed E-state index contributed by atoms with van der Waals surface area (Å²) in [5.74, 6) is 0.947. The monoisotopic (exact) mass is 246 g/mol. The van der Waals surface area contributed by atoms with Gasteiger partial charge in [-0.1, -0.05) is 31.4 Å². The number of Topliss-reactive ketones (excluding diaryl/α,β-unsaturated/α-hetero) is 1. The number of carbonyl (C=O) groups is 2. The van der Waals surface area contributed by atoms with Gasteiger partial charge < -0.3 is 4.74 Å². The molecule has 0 atom stereocenters. The van der Waals surface area contributed by atoms with Gasteiger partial charge in [-0.05, 0) is 25.0 Å². The summed E-state index contributed by atoms with van der Waals surface area (Å²) >= 11 is 0. The fourth-order valence-electron chi connectivity index (χ4n) is 2.37. The van der Waals surface area contributed by atoms with Crippen molar-refractivity contribution in [3.8, 4) is 5.75 Å². The molecule has 0 amide bonds. The lowest BCUT2D eigenvalue weighted by atomic mass is 9.86. The molecule has 3 nitrogen and oxygen atoms in total. The van der Waals surface area contributed by atoms with Crippen LogP contribution in [0.1, 0.15) is 42.5 Å². The summed E-state index contributed by atoms with van der Waals surface area (Å²) < 4.78 is 5.46. The Morgan fingerprint density at radius 1 is 1.28 bits per heavy atom. The van der Waals surface area contributed by atoms with Crippen LogP contribution in [0.2, 0.25) is 0 Å².